The highest BCUT2D eigenvalue weighted by Crippen LogP contribution is 2.32. The standard InChI is InChI=1S/C16H10BrN3.C11H7BrN2.C5H4IN.CH4.B/c17-11-5-6-14-13(9-11)16-15(4-2-8-19-16)20(14)12-3-1-7-18-10-12;12-7-3-4-9-8(6-7)11-10(14-9)2-1-5-13-11;6-5-2-1-3-7-4-5;;/h1-10H;1-6,14H;1-4H;1H4;. The van der Waals surface area contributed by atoms with Gasteiger partial charge in [0.05, 0.1) is 39.5 Å². The van der Waals surface area contributed by atoms with Crippen molar-refractivity contribution in [1.82, 2.24) is 29.5 Å². The van der Waals surface area contributed by atoms with Gasteiger partial charge in [-0.2, -0.15) is 0 Å². The van der Waals surface area contributed by atoms with Crippen molar-refractivity contribution in [2.24, 2.45) is 0 Å². The molecule has 8 rings (SSSR count). The number of benzene rings is 2. The Bertz CT molecular complexity index is 2100. The Labute approximate surface area is 282 Å². The Balaban J connectivity index is 0.000000161. The summed E-state index contributed by atoms with van der Waals surface area (Å²) in [6.45, 7) is 0. The normalized spacial score (nSPS) is 10.3. The molecule has 0 saturated carbocycles. The van der Waals surface area contributed by atoms with Crippen molar-refractivity contribution in [2.75, 3.05) is 0 Å². The van der Waals surface area contributed by atoms with Crippen molar-refractivity contribution < 1.29 is 0 Å². The van der Waals surface area contributed by atoms with Crippen LogP contribution in [0.2, 0.25) is 0 Å². The summed E-state index contributed by atoms with van der Waals surface area (Å²) in [5.74, 6) is 0. The molecule has 0 aliphatic rings. The van der Waals surface area contributed by atoms with Crippen LogP contribution in [0.1, 0.15) is 7.43 Å². The summed E-state index contributed by atoms with van der Waals surface area (Å²) in [6.07, 6.45) is 10.9. The number of H-pyrrole nitrogens is 1. The number of hydrogen-bond donors (Lipinski definition) is 1. The van der Waals surface area contributed by atoms with E-state index in [1.807, 2.05) is 73.3 Å². The fourth-order valence-electron chi connectivity index (χ4n) is 4.60. The first-order chi connectivity index (χ1) is 20.1. The molecule has 0 atom stereocenters. The third-order valence-corrected chi connectivity index (χ3v) is 7.95. The van der Waals surface area contributed by atoms with Gasteiger partial charge >= 0.3 is 0 Å². The lowest BCUT2D eigenvalue weighted by Crippen LogP contribution is -1.93. The van der Waals surface area contributed by atoms with Crippen LogP contribution in [0.25, 0.3) is 49.6 Å². The van der Waals surface area contributed by atoms with E-state index in [2.05, 4.69) is 120 Å². The fourth-order valence-corrected chi connectivity index (χ4v) is 5.69. The monoisotopic (exact) mass is 801 g/mol. The third kappa shape index (κ3) is 7.14. The summed E-state index contributed by atoms with van der Waals surface area (Å²) >= 11 is 9.21. The highest BCUT2D eigenvalue weighted by molar-refractivity contribution is 14.1. The van der Waals surface area contributed by atoms with Gasteiger partial charge in [0.1, 0.15) is 0 Å². The zero-order valence-electron chi connectivity index (χ0n) is 22.0. The van der Waals surface area contributed by atoms with E-state index in [4.69, 9.17) is 0 Å². The summed E-state index contributed by atoms with van der Waals surface area (Å²) in [5, 5.41) is 2.30. The van der Waals surface area contributed by atoms with Crippen molar-refractivity contribution in [3.8, 4) is 5.69 Å². The van der Waals surface area contributed by atoms with Crippen molar-refractivity contribution in [2.45, 2.75) is 7.43 Å². The lowest BCUT2D eigenvalue weighted by Gasteiger charge is -2.06. The number of rotatable bonds is 1. The van der Waals surface area contributed by atoms with E-state index in [9.17, 15) is 0 Å². The molecule has 3 radical (unpaired) electrons. The van der Waals surface area contributed by atoms with Gasteiger partial charge in [-0.25, -0.2) is 0 Å². The molecule has 8 aromatic rings. The number of pyridine rings is 4. The topological polar surface area (TPSA) is 72.3 Å². The molecule has 0 fully saturated rings. The predicted molar refractivity (Wildman–Crippen MR) is 195 cm³/mol. The zero-order chi connectivity index (χ0) is 28.2. The molecule has 211 valence electrons. The first-order valence-electron chi connectivity index (χ1n) is 12.6. The molecule has 6 heterocycles. The number of fused-ring (bicyclic) bond motifs is 6. The van der Waals surface area contributed by atoms with Gasteiger partial charge < -0.3 is 9.55 Å². The van der Waals surface area contributed by atoms with E-state index in [0.717, 1.165) is 58.5 Å². The quantitative estimate of drug-likeness (QED) is 0.133. The maximum absolute atomic E-state index is 4.53. The summed E-state index contributed by atoms with van der Waals surface area (Å²) in [6, 6.07) is 28.4. The van der Waals surface area contributed by atoms with Crippen LogP contribution in [0.5, 0.6) is 0 Å². The first kappa shape index (κ1) is 32.3. The summed E-state index contributed by atoms with van der Waals surface area (Å²) < 4.78 is 5.51. The SMILES string of the molecule is Brc1ccc2[nH]c3cccnc3c2c1.Brc1ccc2c(c1)c1ncccc1n2-c1cccnc1.C.Ic1cccnc1.[B]. The Morgan fingerprint density at radius 1 is 0.628 bits per heavy atom. The lowest BCUT2D eigenvalue weighted by molar-refractivity contribution is 1.14. The van der Waals surface area contributed by atoms with Crippen LogP contribution in [0.15, 0.2) is 131 Å². The van der Waals surface area contributed by atoms with Gasteiger partial charge in [0, 0.05) is 68.2 Å². The van der Waals surface area contributed by atoms with Crippen molar-refractivity contribution >= 4 is 107 Å². The number of hydrogen-bond acceptors (Lipinski definition) is 4. The van der Waals surface area contributed by atoms with Crippen LogP contribution in [-0.2, 0) is 0 Å². The maximum Gasteiger partial charge on any atom is 0.0963 e. The molecule has 0 aliphatic carbocycles. The minimum Gasteiger partial charge on any atom is -0.353 e. The molecule has 0 amide bonds. The van der Waals surface area contributed by atoms with Gasteiger partial charge in [-0.1, -0.05) is 39.3 Å². The highest BCUT2D eigenvalue weighted by Gasteiger charge is 2.13. The van der Waals surface area contributed by atoms with Gasteiger partial charge in [0.25, 0.3) is 0 Å². The maximum atomic E-state index is 4.53. The Morgan fingerprint density at radius 3 is 1.95 bits per heavy atom. The molecule has 1 N–H and O–H groups in total. The molecule has 6 aromatic heterocycles. The summed E-state index contributed by atoms with van der Waals surface area (Å²) in [5.41, 5.74) is 7.52. The molecular weight excluding hydrogens is 778 g/mol. The Kier molecular flexibility index (Phi) is 11.1. The third-order valence-electron chi connectivity index (χ3n) is 6.33. The molecule has 2 aromatic carbocycles. The van der Waals surface area contributed by atoms with Crippen molar-refractivity contribution in [1.29, 1.82) is 0 Å². The minimum absolute atomic E-state index is 0. The molecule has 10 heteroatoms. The van der Waals surface area contributed by atoms with E-state index >= 15 is 0 Å². The highest BCUT2D eigenvalue weighted by atomic mass is 127. The molecule has 0 saturated heterocycles. The minimum atomic E-state index is 0. The van der Waals surface area contributed by atoms with Crippen LogP contribution < -0.4 is 0 Å². The van der Waals surface area contributed by atoms with Gasteiger partial charge in [-0.15, -0.1) is 0 Å². The van der Waals surface area contributed by atoms with Crippen LogP contribution in [-0.4, -0.2) is 37.9 Å². The van der Waals surface area contributed by atoms with E-state index in [1.165, 1.54) is 3.57 Å². The van der Waals surface area contributed by atoms with Crippen molar-refractivity contribution in [3.63, 3.8) is 0 Å². The van der Waals surface area contributed by atoms with E-state index in [0.29, 0.717) is 0 Å². The summed E-state index contributed by atoms with van der Waals surface area (Å²) in [4.78, 5) is 20.3. The molecule has 6 nitrogen and oxygen atoms in total. The lowest BCUT2D eigenvalue weighted by atomic mass is 10.2. The largest absolute Gasteiger partial charge is 0.353 e. The van der Waals surface area contributed by atoms with Gasteiger partial charge in [-0.3, -0.25) is 19.9 Å². The molecule has 43 heavy (non-hydrogen) atoms. The molecule has 0 bridgehead atoms. The number of halogens is 3. The zero-order valence-corrected chi connectivity index (χ0v) is 27.3. The Hall–Kier alpha value is -3.61. The number of nitrogens with one attached hydrogen (secondary N) is 1. The number of aromatic nitrogens is 6. The second-order valence-electron chi connectivity index (χ2n) is 8.96. The van der Waals surface area contributed by atoms with E-state index in [-0.39, 0.29) is 15.8 Å². The van der Waals surface area contributed by atoms with Gasteiger partial charge in [0.15, 0.2) is 0 Å². The smallest absolute Gasteiger partial charge is 0.0963 e. The predicted octanol–water partition coefficient (Wildman–Crippen LogP) is 9.76. The average Bonchev–Trinajstić information content (AvgIpc) is 3.54. The number of nitrogens with zero attached hydrogens (tertiary/aromatic N) is 5. The molecule has 0 spiro atoms. The fraction of sp³-hybridized carbons (Fsp3) is 0.0303. The van der Waals surface area contributed by atoms with Crippen LogP contribution in [0.4, 0.5) is 0 Å². The Morgan fingerprint density at radius 2 is 1.28 bits per heavy atom. The van der Waals surface area contributed by atoms with Crippen LogP contribution in [0, 0.1) is 3.57 Å². The summed E-state index contributed by atoms with van der Waals surface area (Å²) in [7, 11) is 0. The van der Waals surface area contributed by atoms with Crippen LogP contribution in [0.3, 0.4) is 0 Å². The second-order valence-corrected chi connectivity index (χ2v) is 12.0. The first-order valence-corrected chi connectivity index (χ1v) is 15.3. The van der Waals surface area contributed by atoms with Gasteiger partial charge in [-0.05, 0) is 108 Å². The molecule has 0 unspecified atom stereocenters. The van der Waals surface area contributed by atoms with Crippen molar-refractivity contribution in [3.05, 3.63) is 135 Å². The number of aromatic amines is 1. The molecular formula is C33H25BBr2IN6. The average molecular weight is 803 g/mol. The van der Waals surface area contributed by atoms with Gasteiger partial charge in [0.2, 0.25) is 0 Å². The van der Waals surface area contributed by atoms with E-state index in [1.54, 1.807) is 12.4 Å². The second kappa shape index (κ2) is 14.7. The van der Waals surface area contributed by atoms with E-state index < -0.39 is 0 Å². The van der Waals surface area contributed by atoms with Crippen LogP contribution >= 0.6 is 54.5 Å². The molecule has 0 aliphatic heterocycles.